The molecular weight excluding hydrogens is 416 g/mol. The number of para-hydroxylation sites is 2. The Bertz CT molecular complexity index is 1280. The molecule has 0 aliphatic carbocycles. The van der Waals surface area contributed by atoms with E-state index in [9.17, 15) is 0 Å². The van der Waals surface area contributed by atoms with Gasteiger partial charge in [0.1, 0.15) is 0 Å². The predicted molar refractivity (Wildman–Crippen MR) is 120 cm³/mol. The summed E-state index contributed by atoms with van der Waals surface area (Å²) in [6, 6.07) is 25.9. The minimum absolute atomic E-state index is 0.540. The number of benzene rings is 3. The monoisotopic (exact) mass is 432 g/mol. The Kier molecular flexibility index (Phi) is 5.26. The van der Waals surface area contributed by atoms with Gasteiger partial charge < -0.3 is 9.09 Å². The smallest absolute Gasteiger partial charge is 0.237 e. The van der Waals surface area contributed by atoms with Gasteiger partial charge in [-0.25, -0.2) is 4.98 Å². The lowest BCUT2D eigenvalue weighted by molar-refractivity contribution is 0.391. The molecule has 7 heteroatoms. The molecule has 3 aromatic carbocycles. The molecular formula is C23H17ClN4OS. The van der Waals surface area contributed by atoms with E-state index in [0.717, 1.165) is 28.3 Å². The van der Waals surface area contributed by atoms with E-state index in [-0.39, 0.29) is 0 Å². The number of hydrogen-bond donors (Lipinski definition) is 0. The van der Waals surface area contributed by atoms with E-state index in [4.69, 9.17) is 21.1 Å². The largest absolute Gasteiger partial charge is 0.338 e. The van der Waals surface area contributed by atoms with Crippen LogP contribution < -0.4 is 0 Å². The van der Waals surface area contributed by atoms with Gasteiger partial charge in [0.05, 0.1) is 23.3 Å². The molecule has 30 heavy (non-hydrogen) atoms. The molecule has 2 aromatic heterocycles. The fraction of sp³-hybridized carbons (Fsp3) is 0.0870. The van der Waals surface area contributed by atoms with Gasteiger partial charge in [-0.2, -0.15) is 4.98 Å². The van der Waals surface area contributed by atoms with Gasteiger partial charge in [-0.15, -0.1) is 0 Å². The lowest BCUT2D eigenvalue weighted by Crippen LogP contribution is -2.01. The Balaban J connectivity index is 1.39. The third-order valence-electron chi connectivity index (χ3n) is 4.70. The third kappa shape index (κ3) is 3.97. The fourth-order valence-electron chi connectivity index (χ4n) is 3.24. The Hall–Kier alpha value is -3.09. The van der Waals surface area contributed by atoms with E-state index in [1.54, 1.807) is 11.8 Å². The number of aromatic nitrogens is 4. The summed E-state index contributed by atoms with van der Waals surface area (Å²) < 4.78 is 7.68. The van der Waals surface area contributed by atoms with Crippen molar-refractivity contribution in [1.82, 2.24) is 19.7 Å². The van der Waals surface area contributed by atoms with Gasteiger partial charge in [0.25, 0.3) is 0 Å². The van der Waals surface area contributed by atoms with Crippen LogP contribution in [0.15, 0.2) is 88.5 Å². The lowest BCUT2D eigenvalue weighted by atomic mass is 10.2. The molecule has 0 saturated heterocycles. The first-order valence-electron chi connectivity index (χ1n) is 9.47. The van der Waals surface area contributed by atoms with Crippen LogP contribution in [-0.4, -0.2) is 19.7 Å². The van der Waals surface area contributed by atoms with Gasteiger partial charge in [0.2, 0.25) is 11.7 Å². The summed E-state index contributed by atoms with van der Waals surface area (Å²) in [4.78, 5) is 9.33. The first-order valence-corrected chi connectivity index (χ1v) is 10.8. The highest BCUT2D eigenvalue weighted by Crippen LogP contribution is 2.28. The third-order valence-corrected chi connectivity index (χ3v) is 5.91. The minimum Gasteiger partial charge on any atom is -0.338 e. The molecule has 5 rings (SSSR count). The van der Waals surface area contributed by atoms with Crippen molar-refractivity contribution in [2.45, 2.75) is 17.5 Å². The number of thioether (sulfide) groups is 1. The topological polar surface area (TPSA) is 56.7 Å². The van der Waals surface area contributed by atoms with Crippen LogP contribution in [-0.2, 0) is 12.3 Å². The van der Waals surface area contributed by atoms with Crippen molar-refractivity contribution in [1.29, 1.82) is 0 Å². The van der Waals surface area contributed by atoms with Crippen molar-refractivity contribution in [2.24, 2.45) is 0 Å². The Morgan fingerprint density at radius 3 is 2.47 bits per heavy atom. The molecule has 0 saturated carbocycles. The molecule has 0 fully saturated rings. The average Bonchev–Trinajstić information content (AvgIpc) is 3.39. The van der Waals surface area contributed by atoms with E-state index in [0.29, 0.717) is 22.5 Å². The van der Waals surface area contributed by atoms with Crippen LogP contribution in [0.2, 0.25) is 5.02 Å². The number of rotatable bonds is 6. The maximum absolute atomic E-state index is 5.95. The number of fused-ring (bicyclic) bond motifs is 1. The number of halogens is 1. The molecule has 148 valence electrons. The van der Waals surface area contributed by atoms with Crippen molar-refractivity contribution in [3.8, 4) is 11.4 Å². The molecule has 0 aliphatic rings. The molecule has 0 radical (unpaired) electrons. The van der Waals surface area contributed by atoms with Gasteiger partial charge in [-0.3, -0.25) is 0 Å². The van der Waals surface area contributed by atoms with Gasteiger partial charge in [-0.1, -0.05) is 71.0 Å². The summed E-state index contributed by atoms with van der Waals surface area (Å²) in [6.07, 6.45) is 0. The summed E-state index contributed by atoms with van der Waals surface area (Å²) in [6.45, 7) is 0.754. The van der Waals surface area contributed by atoms with Gasteiger partial charge in [0.15, 0.2) is 5.16 Å². The molecule has 5 nitrogen and oxygen atoms in total. The van der Waals surface area contributed by atoms with Crippen LogP contribution in [0.3, 0.4) is 0 Å². The highest BCUT2D eigenvalue weighted by atomic mass is 35.5. The predicted octanol–water partition coefficient (Wildman–Crippen LogP) is 6.08. The van der Waals surface area contributed by atoms with Crippen molar-refractivity contribution in [3.63, 3.8) is 0 Å². The van der Waals surface area contributed by atoms with Crippen molar-refractivity contribution in [3.05, 3.63) is 95.3 Å². The van der Waals surface area contributed by atoms with Gasteiger partial charge in [-0.05, 0) is 42.0 Å². The molecule has 0 bridgehead atoms. The maximum Gasteiger partial charge on any atom is 0.237 e. The van der Waals surface area contributed by atoms with Crippen LogP contribution in [0.4, 0.5) is 0 Å². The Morgan fingerprint density at radius 1 is 0.867 bits per heavy atom. The molecule has 0 aliphatic heterocycles. The van der Waals surface area contributed by atoms with Crippen LogP contribution in [0, 0.1) is 0 Å². The number of hydrogen-bond acceptors (Lipinski definition) is 5. The SMILES string of the molecule is Clc1ccc(-c2noc(CSc3nc4ccccc4n3Cc3ccccc3)n2)cc1. The minimum atomic E-state index is 0.540. The molecule has 0 unspecified atom stereocenters. The van der Waals surface area contributed by atoms with Crippen molar-refractivity contribution in [2.75, 3.05) is 0 Å². The quantitative estimate of drug-likeness (QED) is 0.304. The highest BCUT2D eigenvalue weighted by Gasteiger charge is 2.14. The second-order valence-electron chi connectivity index (χ2n) is 6.76. The molecule has 5 aromatic rings. The maximum atomic E-state index is 5.95. The molecule has 0 spiro atoms. The second-order valence-corrected chi connectivity index (χ2v) is 8.14. The summed E-state index contributed by atoms with van der Waals surface area (Å²) in [5.74, 6) is 1.65. The van der Waals surface area contributed by atoms with E-state index in [1.165, 1.54) is 5.56 Å². The fourth-order valence-corrected chi connectivity index (χ4v) is 4.22. The zero-order valence-electron chi connectivity index (χ0n) is 15.9. The van der Waals surface area contributed by atoms with Crippen LogP contribution in [0.1, 0.15) is 11.5 Å². The van der Waals surface area contributed by atoms with E-state index < -0.39 is 0 Å². The molecule has 0 amide bonds. The standard InChI is InChI=1S/C23H17ClN4OS/c24-18-12-10-17(11-13-18)22-26-21(29-27-22)15-30-23-25-19-8-4-5-9-20(19)28(23)14-16-6-2-1-3-7-16/h1-13H,14-15H2. The van der Waals surface area contributed by atoms with Crippen LogP contribution >= 0.6 is 23.4 Å². The summed E-state index contributed by atoms with van der Waals surface area (Å²) in [7, 11) is 0. The van der Waals surface area contributed by atoms with Gasteiger partial charge in [0, 0.05) is 10.6 Å². The first kappa shape index (κ1) is 18.9. The molecule has 2 heterocycles. The Morgan fingerprint density at radius 2 is 1.63 bits per heavy atom. The second kappa shape index (κ2) is 8.34. The average molecular weight is 433 g/mol. The summed E-state index contributed by atoms with van der Waals surface area (Å²) >= 11 is 7.54. The zero-order chi connectivity index (χ0) is 20.3. The van der Waals surface area contributed by atoms with E-state index in [1.807, 2.05) is 48.5 Å². The highest BCUT2D eigenvalue weighted by molar-refractivity contribution is 7.98. The number of imidazole rings is 1. The normalized spacial score (nSPS) is 11.2. The zero-order valence-corrected chi connectivity index (χ0v) is 17.5. The van der Waals surface area contributed by atoms with Crippen molar-refractivity contribution >= 4 is 34.4 Å². The molecule has 0 atom stereocenters. The van der Waals surface area contributed by atoms with E-state index >= 15 is 0 Å². The summed E-state index contributed by atoms with van der Waals surface area (Å²) in [5.41, 5.74) is 4.18. The Labute approximate surface area is 182 Å². The van der Waals surface area contributed by atoms with Gasteiger partial charge >= 0.3 is 0 Å². The number of nitrogens with zero attached hydrogens (tertiary/aromatic N) is 4. The molecule has 0 N–H and O–H groups in total. The van der Waals surface area contributed by atoms with Crippen LogP contribution in [0.25, 0.3) is 22.4 Å². The summed E-state index contributed by atoms with van der Waals surface area (Å²) in [5, 5.41) is 5.69. The first-order chi connectivity index (χ1) is 14.8. The lowest BCUT2D eigenvalue weighted by Gasteiger charge is -2.08. The van der Waals surface area contributed by atoms with E-state index in [2.05, 4.69) is 45.0 Å². The van der Waals surface area contributed by atoms with Crippen LogP contribution in [0.5, 0.6) is 0 Å². The van der Waals surface area contributed by atoms with Crippen molar-refractivity contribution < 1.29 is 4.52 Å².